The number of amides is 3. The maximum absolute atomic E-state index is 12.3. The van der Waals surface area contributed by atoms with Gasteiger partial charge in [0.05, 0.1) is 13.2 Å². The first-order valence-electron chi connectivity index (χ1n) is 8.14. The second-order valence-electron chi connectivity index (χ2n) is 6.02. The van der Waals surface area contributed by atoms with Crippen LogP contribution in [0, 0.1) is 6.92 Å². The number of benzene rings is 2. The van der Waals surface area contributed by atoms with Crippen LogP contribution in [0.3, 0.4) is 0 Å². The van der Waals surface area contributed by atoms with Crippen LogP contribution in [0.15, 0.2) is 48.5 Å². The molecule has 2 aromatic rings. The standard InChI is InChI=1S/C19H21N3O3/c1-13-5-3-4-6-17(13)21-19(24)20-14-11-18(23)22(12-14)15-7-9-16(25-2)10-8-15/h3-10,14H,11-12H2,1-2H3,(H2,20,21,24). The van der Waals surface area contributed by atoms with Crippen LogP contribution in [0.2, 0.25) is 0 Å². The van der Waals surface area contributed by atoms with E-state index in [0.717, 1.165) is 22.7 Å². The third-order valence-corrected chi connectivity index (χ3v) is 4.24. The molecule has 0 aromatic heterocycles. The number of para-hydroxylation sites is 1. The van der Waals surface area contributed by atoms with Crippen LogP contribution in [0.4, 0.5) is 16.2 Å². The highest BCUT2D eigenvalue weighted by Crippen LogP contribution is 2.24. The molecule has 2 N–H and O–H groups in total. The Balaban J connectivity index is 1.60. The van der Waals surface area contributed by atoms with Gasteiger partial charge in [0, 0.05) is 24.3 Å². The summed E-state index contributed by atoms with van der Waals surface area (Å²) in [4.78, 5) is 26.1. The van der Waals surface area contributed by atoms with E-state index in [1.807, 2.05) is 55.5 Å². The molecule has 0 saturated carbocycles. The molecular formula is C19H21N3O3. The molecule has 1 saturated heterocycles. The van der Waals surface area contributed by atoms with Gasteiger partial charge in [-0.25, -0.2) is 4.79 Å². The summed E-state index contributed by atoms with van der Waals surface area (Å²) in [5.74, 6) is 0.731. The van der Waals surface area contributed by atoms with E-state index in [4.69, 9.17) is 4.74 Å². The first-order chi connectivity index (χ1) is 12.1. The molecule has 0 aliphatic carbocycles. The molecule has 1 unspecified atom stereocenters. The van der Waals surface area contributed by atoms with Crippen molar-refractivity contribution in [2.45, 2.75) is 19.4 Å². The zero-order chi connectivity index (χ0) is 17.8. The van der Waals surface area contributed by atoms with Gasteiger partial charge in [-0.2, -0.15) is 0 Å². The summed E-state index contributed by atoms with van der Waals surface area (Å²) in [5.41, 5.74) is 2.55. The number of carbonyl (C=O) groups is 2. The van der Waals surface area contributed by atoms with Crippen LogP contribution in [-0.4, -0.2) is 31.6 Å². The zero-order valence-corrected chi connectivity index (χ0v) is 14.3. The van der Waals surface area contributed by atoms with Crippen LogP contribution < -0.4 is 20.3 Å². The molecule has 3 rings (SSSR count). The molecule has 6 nitrogen and oxygen atoms in total. The predicted molar refractivity (Wildman–Crippen MR) is 97.1 cm³/mol. The van der Waals surface area contributed by atoms with Gasteiger partial charge in [-0.05, 0) is 42.8 Å². The molecule has 1 heterocycles. The first kappa shape index (κ1) is 16.8. The summed E-state index contributed by atoms with van der Waals surface area (Å²) in [5, 5.41) is 5.70. The van der Waals surface area contributed by atoms with E-state index in [1.165, 1.54) is 0 Å². The van der Waals surface area contributed by atoms with Crippen molar-refractivity contribution < 1.29 is 14.3 Å². The molecule has 1 aliphatic rings. The van der Waals surface area contributed by atoms with E-state index < -0.39 is 0 Å². The Kier molecular flexibility index (Phi) is 4.88. The molecule has 1 fully saturated rings. The highest BCUT2D eigenvalue weighted by atomic mass is 16.5. The number of aryl methyl sites for hydroxylation is 1. The Hall–Kier alpha value is -3.02. The van der Waals surface area contributed by atoms with Crippen LogP contribution in [0.1, 0.15) is 12.0 Å². The van der Waals surface area contributed by atoms with Crippen LogP contribution in [-0.2, 0) is 4.79 Å². The Bertz CT molecular complexity index is 774. The lowest BCUT2D eigenvalue weighted by Gasteiger charge is -2.18. The lowest BCUT2D eigenvalue weighted by molar-refractivity contribution is -0.117. The van der Waals surface area contributed by atoms with Gasteiger partial charge in [-0.1, -0.05) is 18.2 Å². The number of hydrogen-bond donors (Lipinski definition) is 2. The molecule has 1 atom stereocenters. The number of carbonyl (C=O) groups excluding carboxylic acids is 2. The fourth-order valence-corrected chi connectivity index (χ4v) is 2.87. The number of hydrogen-bond acceptors (Lipinski definition) is 3. The molecule has 0 radical (unpaired) electrons. The third kappa shape index (κ3) is 3.91. The number of nitrogens with zero attached hydrogens (tertiary/aromatic N) is 1. The second kappa shape index (κ2) is 7.25. The van der Waals surface area contributed by atoms with Crippen molar-refractivity contribution in [2.24, 2.45) is 0 Å². The highest BCUT2D eigenvalue weighted by molar-refractivity contribution is 5.97. The quantitative estimate of drug-likeness (QED) is 0.900. The number of methoxy groups -OCH3 is 1. The largest absolute Gasteiger partial charge is 0.497 e. The molecular weight excluding hydrogens is 318 g/mol. The summed E-state index contributed by atoms with van der Waals surface area (Å²) in [6.45, 7) is 2.38. The maximum atomic E-state index is 12.3. The second-order valence-corrected chi connectivity index (χ2v) is 6.02. The summed E-state index contributed by atoms with van der Waals surface area (Å²) in [7, 11) is 1.60. The number of ether oxygens (including phenoxy) is 1. The van der Waals surface area contributed by atoms with Gasteiger partial charge in [-0.15, -0.1) is 0 Å². The van der Waals surface area contributed by atoms with E-state index in [-0.39, 0.29) is 24.4 Å². The van der Waals surface area contributed by atoms with Gasteiger partial charge in [0.15, 0.2) is 0 Å². The van der Waals surface area contributed by atoms with E-state index in [9.17, 15) is 9.59 Å². The van der Waals surface area contributed by atoms with Gasteiger partial charge in [-0.3, -0.25) is 4.79 Å². The minimum atomic E-state index is -0.302. The van der Waals surface area contributed by atoms with Crippen molar-refractivity contribution in [3.05, 3.63) is 54.1 Å². The van der Waals surface area contributed by atoms with E-state index in [0.29, 0.717) is 6.54 Å². The summed E-state index contributed by atoms with van der Waals surface area (Å²) >= 11 is 0. The first-order valence-corrected chi connectivity index (χ1v) is 8.14. The van der Waals surface area contributed by atoms with Crippen molar-refractivity contribution in [3.63, 3.8) is 0 Å². The number of anilines is 2. The van der Waals surface area contributed by atoms with Crippen LogP contribution in [0.25, 0.3) is 0 Å². The van der Waals surface area contributed by atoms with Crippen molar-refractivity contribution in [1.82, 2.24) is 5.32 Å². The molecule has 0 bridgehead atoms. The van der Waals surface area contributed by atoms with E-state index in [1.54, 1.807) is 12.0 Å². The topological polar surface area (TPSA) is 70.7 Å². The summed E-state index contributed by atoms with van der Waals surface area (Å²) in [6.07, 6.45) is 0.285. The lowest BCUT2D eigenvalue weighted by Crippen LogP contribution is -2.39. The van der Waals surface area contributed by atoms with Crippen molar-refractivity contribution in [1.29, 1.82) is 0 Å². The predicted octanol–water partition coefficient (Wildman–Crippen LogP) is 2.93. The Morgan fingerprint density at radius 3 is 2.56 bits per heavy atom. The molecule has 0 spiro atoms. The zero-order valence-electron chi connectivity index (χ0n) is 14.3. The molecule has 6 heteroatoms. The van der Waals surface area contributed by atoms with Crippen molar-refractivity contribution >= 4 is 23.3 Å². The average Bonchev–Trinajstić information content (AvgIpc) is 2.97. The van der Waals surface area contributed by atoms with Crippen molar-refractivity contribution in [3.8, 4) is 5.75 Å². The summed E-state index contributed by atoms with van der Waals surface area (Å²) < 4.78 is 5.13. The molecule has 25 heavy (non-hydrogen) atoms. The minimum Gasteiger partial charge on any atom is -0.497 e. The van der Waals surface area contributed by atoms with Gasteiger partial charge in [0.1, 0.15) is 5.75 Å². The van der Waals surface area contributed by atoms with Gasteiger partial charge >= 0.3 is 6.03 Å². The Morgan fingerprint density at radius 2 is 1.88 bits per heavy atom. The van der Waals surface area contributed by atoms with Crippen LogP contribution >= 0.6 is 0 Å². The Morgan fingerprint density at radius 1 is 1.16 bits per heavy atom. The number of nitrogens with one attached hydrogen (secondary N) is 2. The van der Waals surface area contributed by atoms with Gasteiger partial charge in [0.2, 0.25) is 5.91 Å². The molecule has 2 aromatic carbocycles. The molecule has 130 valence electrons. The van der Waals surface area contributed by atoms with Crippen LogP contribution in [0.5, 0.6) is 5.75 Å². The van der Waals surface area contributed by atoms with E-state index in [2.05, 4.69) is 10.6 Å². The lowest BCUT2D eigenvalue weighted by atomic mass is 10.2. The fraction of sp³-hybridized carbons (Fsp3) is 0.263. The summed E-state index contributed by atoms with van der Waals surface area (Å²) in [6, 6.07) is 14.3. The molecule has 1 aliphatic heterocycles. The maximum Gasteiger partial charge on any atom is 0.319 e. The minimum absolute atomic E-state index is 0.00800. The Labute approximate surface area is 146 Å². The number of rotatable bonds is 4. The SMILES string of the molecule is COc1ccc(N2CC(NC(=O)Nc3ccccc3C)CC2=O)cc1. The smallest absolute Gasteiger partial charge is 0.319 e. The molecule has 3 amide bonds. The monoisotopic (exact) mass is 339 g/mol. The highest BCUT2D eigenvalue weighted by Gasteiger charge is 2.31. The van der Waals surface area contributed by atoms with E-state index >= 15 is 0 Å². The van der Waals surface area contributed by atoms with Crippen molar-refractivity contribution in [2.75, 3.05) is 23.9 Å². The van der Waals surface area contributed by atoms with Gasteiger partial charge < -0.3 is 20.3 Å². The third-order valence-electron chi connectivity index (χ3n) is 4.24. The average molecular weight is 339 g/mol. The normalized spacial score (nSPS) is 16.6. The number of urea groups is 1. The fourth-order valence-electron chi connectivity index (χ4n) is 2.87. The van der Waals surface area contributed by atoms with Gasteiger partial charge in [0.25, 0.3) is 0 Å².